The van der Waals surface area contributed by atoms with Gasteiger partial charge >= 0.3 is 0 Å². The number of hydrogen-bond acceptors (Lipinski definition) is 4. The third-order valence-electron chi connectivity index (χ3n) is 4.49. The number of carbonyl (C=O) groups is 1. The predicted molar refractivity (Wildman–Crippen MR) is 97.6 cm³/mol. The van der Waals surface area contributed by atoms with Crippen LogP contribution in [-0.2, 0) is 11.2 Å². The van der Waals surface area contributed by atoms with Crippen LogP contribution in [-0.4, -0.2) is 37.6 Å². The zero-order valence-electron chi connectivity index (χ0n) is 14.0. The Kier molecular flexibility index (Phi) is 5.88. The Morgan fingerprint density at radius 1 is 1.25 bits per heavy atom. The lowest BCUT2D eigenvalue weighted by atomic mass is 10.0. The summed E-state index contributed by atoms with van der Waals surface area (Å²) in [5.74, 6) is 0.971. The van der Waals surface area contributed by atoms with Gasteiger partial charge in [0.1, 0.15) is 5.75 Å². The Labute approximate surface area is 147 Å². The Morgan fingerprint density at radius 2 is 2.04 bits per heavy atom. The minimum absolute atomic E-state index is 0.0801. The fourth-order valence-corrected chi connectivity index (χ4v) is 3.98. The van der Waals surface area contributed by atoms with Gasteiger partial charge in [0.25, 0.3) is 0 Å². The molecule has 1 saturated heterocycles. The molecule has 2 heterocycles. The third kappa shape index (κ3) is 4.16. The molecule has 1 aliphatic heterocycles. The number of para-hydroxylation sites is 1. The number of hydrogen-bond donors (Lipinski definition) is 1. The highest BCUT2D eigenvalue weighted by Crippen LogP contribution is 2.31. The van der Waals surface area contributed by atoms with Gasteiger partial charge in [-0.1, -0.05) is 24.3 Å². The molecule has 1 amide bonds. The highest BCUT2D eigenvalue weighted by atomic mass is 32.1. The molecular formula is C19H24N2O2S. The summed E-state index contributed by atoms with van der Waals surface area (Å²) in [5, 5.41) is 5.12. The van der Waals surface area contributed by atoms with Crippen molar-refractivity contribution >= 4 is 17.2 Å². The first-order chi connectivity index (χ1) is 11.8. The molecule has 3 rings (SSSR count). The van der Waals surface area contributed by atoms with Gasteiger partial charge in [0.05, 0.1) is 19.6 Å². The molecule has 1 aromatic heterocycles. The summed E-state index contributed by atoms with van der Waals surface area (Å²) < 4.78 is 5.54. The number of thiophene rings is 1. The largest absolute Gasteiger partial charge is 0.496 e. The number of amides is 1. The molecule has 0 spiro atoms. The first-order valence-electron chi connectivity index (χ1n) is 8.44. The van der Waals surface area contributed by atoms with Gasteiger partial charge in [0, 0.05) is 17.0 Å². The number of methoxy groups -OCH3 is 1. The van der Waals surface area contributed by atoms with Crippen molar-refractivity contribution in [3.05, 3.63) is 52.2 Å². The van der Waals surface area contributed by atoms with Crippen molar-refractivity contribution in [2.24, 2.45) is 0 Å². The molecule has 1 N–H and O–H groups in total. The van der Waals surface area contributed by atoms with E-state index < -0.39 is 0 Å². The molecule has 0 aliphatic carbocycles. The van der Waals surface area contributed by atoms with E-state index in [0.29, 0.717) is 13.0 Å². The van der Waals surface area contributed by atoms with Crippen molar-refractivity contribution in [3.8, 4) is 5.75 Å². The highest BCUT2D eigenvalue weighted by Gasteiger charge is 2.26. The standard InChI is InChI=1S/C19H24N2O2S/c1-23-18-9-3-2-8-16(18)17(21-10-4-5-11-21)14-20-19(22)13-15-7-6-12-24-15/h2-3,6-9,12,17H,4-5,10-11,13-14H2,1H3,(H,20,22). The fraction of sp³-hybridized carbons (Fsp3) is 0.421. The Hall–Kier alpha value is -1.85. The smallest absolute Gasteiger partial charge is 0.225 e. The molecular weight excluding hydrogens is 320 g/mol. The second-order valence-corrected chi connectivity index (χ2v) is 7.09. The van der Waals surface area contributed by atoms with Gasteiger partial charge in [0.15, 0.2) is 0 Å². The fourth-order valence-electron chi connectivity index (χ4n) is 3.28. The van der Waals surface area contributed by atoms with E-state index in [-0.39, 0.29) is 11.9 Å². The maximum atomic E-state index is 12.3. The van der Waals surface area contributed by atoms with Crippen molar-refractivity contribution in [2.45, 2.75) is 25.3 Å². The quantitative estimate of drug-likeness (QED) is 0.838. The van der Waals surface area contributed by atoms with Gasteiger partial charge < -0.3 is 10.1 Å². The molecule has 2 aromatic rings. The van der Waals surface area contributed by atoms with E-state index >= 15 is 0 Å². The van der Waals surface area contributed by atoms with Crippen LogP contribution in [0.15, 0.2) is 41.8 Å². The number of nitrogens with zero attached hydrogens (tertiary/aromatic N) is 1. The Bertz CT molecular complexity index is 651. The Morgan fingerprint density at radius 3 is 2.75 bits per heavy atom. The monoisotopic (exact) mass is 344 g/mol. The van der Waals surface area contributed by atoms with Crippen LogP contribution < -0.4 is 10.1 Å². The summed E-state index contributed by atoms with van der Waals surface area (Å²) in [5.41, 5.74) is 1.15. The molecule has 128 valence electrons. The van der Waals surface area contributed by atoms with E-state index in [9.17, 15) is 4.79 Å². The predicted octanol–water partition coefficient (Wildman–Crippen LogP) is 3.25. The van der Waals surface area contributed by atoms with E-state index in [1.807, 2.05) is 35.7 Å². The molecule has 1 atom stereocenters. The summed E-state index contributed by atoms with van der Waals surface area (Å²) in [4.78, 5) is 15.8. The normalized spacial score (nSPS) is 16.0. The van der Waals surface area contributed by atoms with Crippen molar-refractivity contribution in [1.29, 1.82) is 0 Å². The maximum Gasteiger partial charge on any atom is 0.225 e. The summed E-state index contributed by atoms with van der Waals surface area (Å²) in [6.45, 7) is 2.76. The first-order valence-corrected chi connectivity index (χ1v) is 9.32. The molecule has 5 heteroatoms. The number of nitrogens with one attached hydrogen (secondary N) is 1. The van der Waals surface area contributed by atoms with E-state index in [2.05, 4.69) is 16.3 Å². The molecule has 1 fully saturated rings. The number of carbonyl (C=O) groups excluding carboxylic acids is 1. The highest BCUT2D eigenvalue weighted by molar-refractivity contribution is 7.10. The van der Waals surface area contributed by atoms with E-state index in [1.165, 1.54) is 12.8 Å². The average Bonchev–Trinajstić information content (AvgIpc) is 3.29. The molecule has 4 nitrogen and oxygen atoms in total. The molecule has 1 aromatic carbocycles. The van der Waals surface area contributed by atoms with Gasteiger partial charge in [-0.15, -0.1) is 11.3 Å². The van der Waals surface area contributed by atoms with Crippen molar-refractivity contribution < 1.29 is 9.53 Å². The Balaban J connectivity index is 1.69. The van der Waals surface area contributed by atoms with E-state index in [0.717, 1.165) is 29.3 Å². The SMILES string of the molecule is COc1ccccc1C(CNC(=O)Cc1cccs1)N1CCCC1. The number of ether oxygens (including phenoxy) is 1. The minimum atomic E-state index is 0.0801. The number of likely N-dealkylation sites (tertiary alicyclic amines) is 1. The number of benzene rings is 1. The average molecular weight is 344 g/mol. The van der Waals surface area contributed by atoms with Crippen molar-refractivity contribution in [1.82, 2.24) is 10.2 Å². The second kappa shape index (κ2) is 8.31. The van der Waals surface area contributed by atoms with Crippen LogP contribution >= 0.6 is 11.3 Å². The van der Waals surface area contributed by atoms with Crippen LogP contribution in [0.3, 0.4) is 0 Å². The zero-order chi connectivity index (χ0) is 16.8. The summed E-state index contributed by atoms with van der Waals surface area (Å²) in [6, 6.07) is 12.3. The van der Waals surface area contributed by atoms with Gasteiger partial charge in [-0.25, -0.2) is 0 Å². The van der Waals surface area contributed by atoms with Crippen LogP contribution in [0.1, 0.15) is 29.3 Å². The van der Waals surface area contributed by atoms with Crippen LogP contribution in [0.2, 0.25) is 0 Å². The summed E-state index contributed by atoms with van der Waals surface area (Å²) >= 11 is 1.62. The lowest BCUT2D eigenvalue weighted by molar-refractivity contribution is -0.120. The van der Waals surface area contributed by atoms with Gasteiger partial charge in [-0.3, -0.25) is 9.69 Å². The molecule has 0 radical (unpaired) electrons. The first kappa shape index (κ1) is 17.0. The van der Waals surface area contributed by atoms with Crippen LogP contribution in [0, 0.1) is 0 Å². The van der Waals surface area contributed by atoms with E-state index in [1.54, 1.807) is 18.4 Å². The van der Waals surface area contributed by atoms with Crippen LogP contribution in [0.4, 0.5) is 0 Å². The maximum absolute atomic E-state index is 12.3. The second-order valence-electron chi connectivity index (χ2n) is 6.06. The molecule has 24 heavy (non-hydrogen) atoms. The van der Waals surface area contributed by atoms with Crippen LogP contribution in [0.25, 0.3) is 0 Å². The third-order valence-corrected chi connectivity index (χ3v) is 5.36. The van der Waals surface area contributed by atoms with Crippen molar-refractivity contribution in [2.75, 3.05) is 26.7 Å². The van der Waals surface area contributed by atoms with Gasteiger partial charge in [0.2, 0.25) is 5.91 Å². The van der Waals surface area contributed by atoms with Crippen LogP contribution in [0.5, 0.6) is 5.75 Å². The number of rotatable bonds is 7. The lowest BCUT2D eigenvalue weighted by Gasteiger charge is -2.29. The van der Waals surface area contributed by atoms with Crippen molar-refractivity contribution in [3.63, 3.8) is 0 Å². The zero-order valence-corrected chi connectivity index (χ0v) is 14.8. The lowest BCUT2D eigenvalue weighted by Crippen LogP contribution is -2.37. The van der Waals surface area contributed by atoms with Gasteiger partial charge in [-0.2, -0.15) is 0 Å². The van der Waals surface area contributed by atoms with Gasteiger partial charge in [-0.05, 0) is 43.4 Å². The topological polar surface area (TPSA) is 41.6 Å². The summed E-state index contributed by atoms with van der Waals surface area (Å²) in [6.07, 6.45) is 2.89. The minimum Gasteiger partial charge on any atom is -0.496 e. The molecule has 1 aliphatic rings. The molecule has 0 bridgehead atoms. The van der Waals surface area contributed by atoms with E-state index in [4.69, 9.17) is 4.74 Å². The summed E-state index contributed by atoms with van der Waals surface area (Å²) in [7, 11) is 1.70. The molecule has 1 unspecified atom stereocenters. The molecule has 0 saturated carbocycles.